The molecule has 0 aliphatic carbocycles. The van der Waals surface area contributed by atoms with Crippen molar-refractivity contribution in [2.75, 3.05) is 5.32 Å². The predicted molar refractivity (Wildman–Crippen MR) is 91.2 cm³/mol. The van der Waals surface area contributed by atoms with E-state index in [0.29, 0.717) is 21.5 Å². The smallest absolute Gasteiger partial charge is 0.105 e. The van der Waals surface area contributed by atoms with Gasteiger partial charge in [0.15, 0.2) is 0 Å². The average molecular weight is 305 g/mol. The summed E-state index contributed by atoms with van der Waals surface area (Å²) in [6, 6.07) is 13.9. The van der Waals surface area contributed by atoms with E-state index in [2.05, 4.69) is 43.4 Å². The first-order valence-electron chi connectivity index (χ1n) is 6.43. The third kappa shape index (κ3) is 3.50. The molecule has 0 amide bonds. The molecule has 0 bridgehead atoms. The van der Waals surface area contributed by atoms with Gasteiger partial charge in [0.25, 0.3) is 0 Å². The summed E-state index contributed by atoms with van der Waals surface area (Å²) < 4.78 is 0. The normalized spacial score (nSPS) is 10.6. The summed E-state index contributed by atoms with van der Waals surface area (Å²) in [6.07, 6.45) is 0. The lowest BCUT2D eigenvalue weighted by atomic mass is 10.0. The maximum Gasteiger partial charge on any atom is 0.105 e. The quantitative estimate of drug-likeness (QED) is 0.794. The molecular weight excluding hydrogens is 288 g/mol. The summed E-state index contributed by atoms with van der Waals surface area (Å²) >= 11 is 11.1. The molecule has 0 aliphatic rings. The van der Waals surface area contributed by atoms with Crippen LogP contribution in [-0.2, 0) is 0 Å². The SMILES string of the molecule is CC(C)c1ccc(Nc2ccc(C(N)=S)c(Cl)c2)cc1. The van der Waals surface area contributed by atoms with Crippen molar-refractivity contribution in [3.63, 3.8) is 0 Å². The van der Waals surface area contributed by atoms with Crippen molar-refractivity contribution >= 4 is 40.2 Å². The average Bonchev–Trinajstić information content (AvgIpc) is 2.39. The second kappa shape index (κ2) is 6.25. The van der Waals surface area contributed by atoms with Crippen LogP contribution in [0.4, 0.5) is 11.4 Å². The highest BCUT2D eigenvalue weighted by atomic mass is 35.5. The zero-order valence-electron chi connectivity index (χ0n) is 11.5. The lowest BCUT2D eigenvalue weighted by Gasteiger charge is -2.11. The topological polar surface area (TPSA) is 38.0 Å². The summed E-state index contributed by atoms with van der Waals surface area (Å²) in [5.41, 5.74) is 9.53. The van der Waals surface area contributed by atoms with Crippen LogP contribution in [0.25, 0.3) is 0 Å². The van der Waals surface area contributed by atoms with E-state index in [1.165, 1.54) is 5.56 Å². The first kappa shape index (κ1) is 14.8. The minimum Gasteiger partial charge on any atom is -0.389 e. The van der Waals surface area contributed by atoms with E-state index in [4.69, 9.17) is 29.6 Å². The fraction of sp³-hybridized carbons (Fsp3) is 0.188. The van der Waals surface area contributed by atoms with Gasteiger partial charge in [-0.25, -0.2) is 0 Å². The predicted octanol–water partition coefficient (Wildman–Crippen LogP) is 4.84. The molecule has 0 radical (unpaired) electrons. The molecule has 104 valence electrons. The van der Waals surface area contributed by atoms with E-state index in [1.54, 1.807) is 0 Å². The Hall–Kier alpha value is -1.58. The van der Waals surface area contributed by atoms with Gasteiger partial charge in [0.05, 0.1) is 5.02 Å². The summed E-state index contributed by atoms with van der Waals surface area (Å²) in [4.78, 5) is 0.308. The van der Waals surface area contributed by atoms with E-state index in [9.17, 15) is 0 Å². The number of thiocarbonyl (C=S) groups is 1. The van der Waals surface area contributed by atoms with Crippen LogP contribution in [0, 0.1) is 0 Å². The van der Waals surface area contributed by atoms with Crippen molar-refractivity contribution in [1.82, 2.24) is 0 Å². The number of rotatable bonds is 4. The van der Waals surface area contributed by atoms with Crippen LogP contribution in [0.5, 0.6) is 0 Å². The number of nitrogens with one attached hydrogen (secondary N) is 1. The first-order chi connectivity index (χ1) is 9.47. The van der Waals surface area contributed by atoms with Crippen LogP contribution in [-0.4, -0.2) is 4.99 Å². The number of hydrogen-bond donors (Lipinski definition) is 2. The third-order valence-electron chi connectivity index (χ3n) is 3.10. The van der Waals surface area contributed by atoms with Gasteiger partial charge >= 0.3 is 0 Å². The maximum atomic E-state index is 6.15. The molecule has 0 unspecified atom stereocenters. The third-order valence-corrected chi connectivity index (χ3v) is 3.63. The van der Waals surface area contributed by atoms with Crippen molar-refractivity contribution in [1.29, 1.82) is 0 Å². The molecule has 0 atom stereocenters. The molecule has 0 aromatic heterocycles. The lowest BCUT2D eigenvalue weighted by Crippen LogP contribution is -2.09. The zero-order chi connectivity index (χ0) is 14.7. The minimum atomic E-state index is 0.308. The summed E-state index contributed by atoms with van der Waals surface area (Å²) in [7, 11) is 0. The molecule has 20 heavy (non-hydrogen) atoms. The first-order valence-corrected chi connectivity index (χ1v) is 7.22. The molecule has 0 aliphatic heterocycles. The summed E-state index contributed by atoms with van der Waals surface area (Å²) in [6.45, 7) is 4.35. The Morgan fingerprint density at radius 1 is 1.10 bits per heavy atom. The second-order valence-corrected chi connectivity index (χ2v) is 5.81. The molecule has 0 heterocycles. The van der Waals surface area contributed by atoms with Crippen LogP contribution in [0.2, 0.25) is 5.02 Å². The summed E-state index contributed by atoms with van der Waals surface area (Å²) in [5.74, 6) is 0.531. The highest BCUT2D eigenvalue weighted by Crippen LogP contribution is 2.25. The number of nitrogens with two attached hydrogens (primary N) is 1. The largest absolute Gasteiger partial charge is 0.389 e. The van der Waals surface area contributed by atoms with Gasteiger partial charge in [-0.15, -0.1) is 0 Å². The Morgan fingerprint density at radius 3 is 2.20 bits per heavy atom. The molecule has 0 saturated carbocycles. The Morgan fingerprint density at radius 2 is 1.70 bits per heavy atom. The minimum absolute atomic E-state index is 0.308. The molecule has 0 fully saturated rings. The molecule has 0 saturated heterocycles. The molecule has 0 spiro atoms. The van der Waals surface area contributed by atoms with E-state index in [-0.39, 0.29) is 0 Å². The van der Waals surface area contributed by atoms with Crippen molar-refractivity contribution in [3.05, 3.63) is 58.6 Å². The number of anilines is 2. The Kier molecular flexibility index (Phi) is 4.63. The van der Waals surface area contributed by atoms with E-state index in [1.807, 2.05) is 18.2 Å². The standard InChI is InChI=1S/C16H17ClN2S/c1-10(2)11-3-5-12(6-4-11)19-13-7-8-14(16(18)20)15(17)9-13/h3-10,19H,1-2H3,(H2,18,20). The fourth-order valence-electron chi connectivity index (χ4n) is 1.91. The van der Waals surface area contributed by atoms with Crippen LogP contribution in [0.1, 0.15) is 30.9 Å². The van der Waals surface area contributed by atoms with Crippen LogP contribution < -0.4 is 11.1 Å². The van der Waals surface area contributed by atoms with Gasteiger partial charge in [-0.05, 0) is 41.8 Å². The van der Waals surface area contributed by atoms with Gasteiger partial charge in [-0.3, -0.25) is 0 Å². The van der Waals surface area contributed by atoms with Gasteiger partial charge in [-0.1, -0.05) is 49.8 Å². The number of halogens is 1. The molecular formula is C16H17ClN2S. The van der Waals surface area contributed by atoms with Gasteiger partial charge in [0, 0.05) is 16.9 Å². The Bertz CT molecular complexity index is 621. The van der Waals surface area contributed by atoms with Gasteiger partial charge in [0.1, 0.15) is 4.99 Å². The maximum absolute atomic E-state index is 6.15. The van der Waals surface area contributed by atoms with E-state index >= 15 is 0 Å². The molecule has 3 N–H and O–H groups in total. The number of hydrogen-bond acceptors (Lipinski definition) is 2. The molecule has 2 aromatic rings. The van der Waals surface area contributed by atoms with Crippen LogP contribution >= 0.6 is 23.8 Å². The second-order valence-electron chi connectivity index (χ2n) is 4.96. The molecule has 2 nitrogen and oxygen atoms in total. The van der Waals surface area contributed by atoms with Crippen LogP contribution in [0.15, 0.2) is 42.5 Å². The molecule has 4 heteroatoms. The number of benzene rings is 2. The zero-order valence-corrected chi connectivity index (χ0v) is 13.1. The van der Waals surface area contributed by atoms with E-state index < -0.39 is 0 Å². The van der Waals surface area contributed by atoms with Crippen molar-refractivity contribution in [3.8, 4) is 0 Å². The lowest BCUT2D eigenvalue weighted by molar-refractivity contribution is 0.867. The Labute approximate surface area is 130 Å². The van der Waals surface area contributed by atoms with E-state index in [0.717, 1.165) is 11.4 Å². The summed E-state index contributed by atoms with van der Waals surface area (Å²) in [5, 5.41) is 3.87. The highest BCUT2D eigenvalue weighted by Gasteiger charge is 2.05. The van der Waals surface area contributed by atoms with Crippen molar-refractivity contribution < 1.29 is 0 Å². The van der Waals surface area contributed by atoms with Crippen LogP contribution in [0.3, 0.4) is 0 Å². The van der Waals surface area contributed by atoms with Gasteiger partial charge in [0.2, 0.25) is 0 Å². The van der Waals surface area contributed by atoms with Gasteiger partial charge < -0.3 is 11.1 Å². The molecule has 2 aromatic carbocycles. The molecule has 2 rings (SSSR count). The van der Waals surface area contributed by atoms with Gasteiger partial charge in [-0.2, -0.15) is 0 Å². The fourth-order valence-corrected chi connectivity index (χ4v) is 2.43. The highest BCUT2D eigenvalue weighted by molar-refractivity contribution is 7.80. The monoisotopic (exact) mass is 304 g/mol. The van der Waals surface area contributed by atoms with Crippen molar-refractivity contribution in [2.24, 2.45) is 5.73 Å². The van der Waals surface area contributed by atoms with Crippen molar-refractivity contribution in [2.45, 2.75) is 19.8 Å². The Balaban J connectivity index is 2.17.